The van der Waals surface area contributed by atoms with Gasteiger partial charge in [0.25, 0.3) is 0 Å². The van der Waals surface area contributed by atoms with E-state index in [1.54, 1.807) is 55.4 Å². The summed E-state index contributed by atoms with van der Waals surface area (Å²) >= 11 is 0. The number of esters is 4. The maximum Gasteiger partial charge on any atom is 0.329 e. The number of urea groups is 1. The molecule has 0 aliphatic heterocycles. The normalized spacial score (nSPS) is 12.5. The molecule has 11 nitrogen and oxygen atoms in total. The quantitative estimate of drug-likeness (QED) is 0.187. The average Bonchev–Trinajstić information content (AvgIpc) is 2.81. The van der Waals surface area contributed by atoms with E-state index in [2.05, 4.69) is 10.6 Å². The van der Waals surface area contributed by atoms with Crippen molar-refractivity contribution in [1.82, 2.24) is 10.6 Å². The van der Waals surface area contributed by atoms with Crippen LogP contribution in [0.3, 0.4) is 0 Å². The van der Waals surface area contributed by atoms with Crippen LogP contribution in [-0.2, 0) is 44.7 Å². The van der Waals surface area contributed by atoms with Gasteiger partial charge in [0.2, 0.25) is 0 Å². The van der Waals surface area contributed by atoms with Gasteiger partial charge in [0, 0.05) is 19.4 Å². The van der Waals surface area contributed by atoms with Crippen LogP contribution in [-0.4, -0.2) is 59.3 Å². The third-order valence-corrected chi connectivity index (χ3v) is 5.10. The van der Waals surface area contributed by atoms with Gasteiger partial charge in [-0.2, -0.15) is 0 Å². The van der Waals surface area contributed by atoms with Crippen LogP contribution in [0, 0.1) is 0 Å². The molecule has 0 aliphatic carbocycles. The fraction of sp³-hybridized carbons (Fsp3) is 0.633. The van der Waals surface area contributed by atoms with Crippen molar-refractivity contribution in [2.45, 2.75) is 117 Å². The van der Waals surface area contributed by atoms with E-state index in [-0.39, 0.29) is 45.3 Å². The average molecular weight is 579 g/mol. The van der Waals surface area contributed by atoms with Gasteiger partial charge in [-0.05, 0) is 73.8 Å². The third-order valence-electron chi connectivity index (χ3n) is 5.10. The zero-order valence-electron chi connectivity index (χ0n) is 25.6. The molecule has 0 fully saturated rings. The molecule has 1 aromatic rings. The molecule has 2 amide bonds. The molecule has 11 heteroatoms. The molecule has 0 bridgehead atoms. The first-order valence-electron chi connectivity index (χ1n) is 13.8. The van der Waals surface area contributed by atoms with Gasteiger partial charge in [-0.25, -0.2) is 9.59 Å². The Morgan fingerprint density at radius 1 is 0.756 bits per heavy atom. The minimum Gasteiger partial charge on any atom is -0.461 e. The van der Waals surface area contributed by atoms with Crippen LogP contribution in [0.4, 0.5) is 4.79 Å². The molecule has 41 heavy (non-hydrogen) atoms. The zero-order valence-corrected chi connectivity index (χ0v) is 25.6. The smallest absolute Gasteiger partial charge is 0.329 e. The molecular formula is C30H46N2O9. The lowest BCUT2D eigenvalue weighted by atomic mass is 10.1. The molecule has 0 saturated carbocycles. The Labute approximate surface area is 243 Å². The highest BCUT2D eigenvalue weighted by atomic mass is 16.6. The molecule has 0 aliphatic rings. The lowest BCUT2D eigenvalue weighted by Gasteiger charge is -2.25. The minimum atomic E-state index is -1.07. The van der Waals surface area contributed by atoms with Crippen molar-refractivity contribution in [2.75, 3.05) is 6.54 Å². The predicted molar refractivity (Wildman–Crippen MR) is 152 cm³/mol. The van der Waals surface area contributed by atoms with Crippen LogP contribution in [0.15, 0.2) is 30.3 Å². The van der Waals surface area contributed by atoms with E-state index in [0.29, 0.717) is 0 Å². The molecule has 1 aromatic carbocycles. The highest BCUT2D eigenvalue weighted by Crippen LogP contribution is 2.18. The van der Waals surface area contributed by atoms with Crippen LogP contribution >= 0.6 is 0 Å². The Morgan fingerprint density at radius 3 is 1.93 bits per heavy atom. The summed E-state index contributed by atoms with van der Waals surface area (Å²) in [5.74, 6) is -2.20. The standard InChI is InChI=1S/C30H46N2O9/c1-28(2,3)39-24(34)17-16-22(26(36)41-29(4,5)6)32-27(37)31-18-12-15-23(33)40-30(7,8)19-25(35)38-20-21-13-10-9-11-14-21/h9-11,13-14,22H,12,15-20H2,1-8H3,(H2,31,32,37). The molecule has 1 rings (SSSR count). The fourth-order valence-corrected chi connectivity index (χ4v) is 3.45. The van der Waals surface area contributed by atoms with Crippen molar-refractivity contribution in [3.05, 3.63) is 35.9 Å². The van der Waals surface area contributed by atoms with Crippen LogP contribution in [0.5, 0.6) is 0 Å². The van der Waals surface area contributed by atoms with Gasteiger partial charge in [0.1, 0.15) is 29.5 Å². The maximum absolute atomic E-state index is 12.6. The van der Waals surface area contributed by atoms with E-state index in [1.807, 2.05) is 30.3 Å². The van der Waals surface area contributed by atoms with Gasteiger partial charge < -0.3 is 29.6 Å². The molecule has 1 unspecified atom stereocenters. The monoisotopic (exact) mass is 578 g/mol. The summed E-state index contributed by atoms with van der Waals surface area (Å²) in [5, 5.41) is 5.11. The second-order valence-corrected chi connectivity index (χ2v) is 12.3. The molecule has 0 saturated heterocycles. The van der Waals surface area contributed by atoms with Gasteiger partial charge in [0.15, 0.2) is 0 Å². The van der Waals surface area contributed by atoms with Gasteiger partial charge in [-0.15, -0.1) is 0 Å². The van der Waals surface area contributed by atoms with Crippen LogP contribution < -0.4 is 10.6 Å². The summed E-state index contributed by atoms with van der Waals surface area (Å²) in [6, 6.07) is 7.52. The summed E-state index contributed by atoms with van der Waals surface area (Å²) in [4.78, 5) is 61.7. The topological polar surface area (TPSA) is 146 Å². The molecule has 230 valence electrons. The van der Waals surface area contributed by atoms with Crippen molar-refractivity contribution in [3.63, 3.8) is 0 Å². The second kappa shape index (κ2) is 16.0. The van der Waals surface area contributed by atoms with Crippen molar-refractivity contribution in [3.8, 4) is 0 Å². The van der Waals surface area contributed by atoms with E-state index < -0.39 is 52.8 Å². The molecular weight excluding hydrogens is 532 g/mol. The number of benzene rings is 1. The number of amides is 2. The number of carbonyl (C=O) groups excluding carboxylic acids is 5. The van der Waals surface area contributed by atoms with Gasteiger partial charge >= 0.3 is 29.9 Å². The molecule has 0 spiro atoms. The zero-order chi connectivity index (χ0) is 31.3. The minimum absolute atomic E-state index is 0.00306. The summed E-state index contributed by atoms with van der Waals surface area (Å²) in [5.41, 5.74) is -1.67. The summed E-state index contributed by atoms with van der Waals surface area (Å²) in [7, 11) is 0. The Kier molecular flexibility index (Phi) is 13.8. The van der Waals surface area contributed by atoms with E-state index in [0.717, 1.165) is 5.56 Å². The molecule has 0 radical (unpaired) electrons. The fourth-order valence-electron chi connectivity index (χ4n) is 3.45. The van der Waals surface area contributed by atoms with Crippen molar-refractivity contribution in [1.29, 1.82) is 0 Å². The first-order chi connectivity index (χ1) is 18.8. The molecule has 2 N–H and O–H groups in total. The number of ether oxygens (including phenoxy) is 4. The highest BCUT2D eigenvalue weighted by molar-refractivity contribution is 5.84. The maximum atomic E-state index is 12.6. The number of nitrogens with one attached hydrogen (secondary N) is 2. The second-order valence-electron chi connectivity index (χ2n) is 12.3. The number of hydrogen-bond donors (Lipinski definition) is 2. The first kappa shape index (κ1) is 35.4. The summed E-state index contributed by atoms with van der Waals surface area (Å²) in [6.45, 7) is 13.8. The lowest BCUT2D eigenvalue weighted by Crippen LogP contribution is -2.48. The Hall–Kier alpha value is -3.63. The van der Waals surface area contributed by atoms with E-state index >= 15 is 0 Å². The lowest BCUT2D eigenvalue weighted by molar-refractivity contribution is -0.164. The highest BCUT2D eigenvalue weighted by Gasteiger charge is 2.29. The Balaban J connectivity index is 2.47. The van der Waals surface area contributed by atoms with Crippen molar-refractivity contribution in [2.24, 2.45) is 0 Å². The molecule has 1 atom stereocenters. The van der Waals surface area contributed by atoms with Crippen molar-refractivity contribution >= 4 is 29.9 Å². The van der Waals surface area contributed by atoms with Gasteiger partial charge in [0.05, 0.1) is 6.42 Å². The van der Waals surface area contributed by atoms with E-state index in [4.69, 9.17) is 18.9 Å². The largest absolute Gasteiger partial charge is 0.461 e. The predicted octanol–water partition coefficient (Wildman–Crippen LogP) is 4.35. The van der Waals surface area contributed by atoms with E-state index in [1.165, 1.54) is 0 Å². The SMILES string of the molecule is CC(C)(C)OC(=O)CCC(NC(=O)NCCCC(=O)OC(C)(C)CC(=O)OCc1ccccc1)C(=O)OC(C)(C)C. The van der Waals surface area contributed by atoms with Gasteiger partial charge in [-0.1, -0.05) is 30.3 Å². The number of hydrogen-bond acceptors (Lipinski definition) is 9. The van der Waals surface area contributed by atoms with Crippen molar-refractivity contribution < 1.29 is 42.9 Å². The van der Waals surface area contributed by atoms with Crippen LogP contribution in [0.2, 0.25) is 0 Å². The van der Waals surface area contributed by atoms with Crippen LogP contribution in [0.1, 0.15) is 93.1 Å². The first-order valence-corrected chi connectivity index (χ1v) is 13.8. The summed E-state index contributed by atoms with van der Waals surface area (Å²) in [6.07, 6.45) is 0.0452. The van der Waals surface area contributed by atoms with E-state index in [9.17, 15) is 24.0 Å². The number of rotatable bonds is 14. The summed E-state index contributed by atoms with van der Waals surface area (Å²) < 4.78 is 21.3. The van der Waals surface area contributed by atoms with Crippen LogP contribution in [0.25, 0.3) is 0 Å². The van der Waals surface area contributed by atoms with Gasteiger partial charge in [-0.3, -0.25) is 14.4 Å². The molecule has 0 aromatic heterocycles. The number of carbonyl (C=O) groups is 5. The Bertz CT molecular complexity index is 1020. The third kappa shape index (κ3) is 17.6. The molecule has 0 heterocycles. The Morgan fingerprint density at radius 2 is 1.34 bits per heavy atom.